The fraction of sp³-hybridized carbons (Fsp3) is 0.375. The second kappa shape index (κ2) is 14.3. The van der Waals surface area contributed by atoms with E-state index >= 15 is 0 Å². The number of nitro groups is 1. The van der Waals surface area contributed by atoms with Crippen LogP contribution in [0, 0.1) is 24.0 Å². The number of sulfonamides is 1. The number of carbonyl (C=O) groups excluding carboxylic acids is 2. The monoisotopic (exact) mass is 656 g/mol. The molecular weight excluding hydrogens is 620 g/mol. The molecule has 0 aromatic heterocycles. The van der Waals surface area contributed by atoms with Gasteiger partial charge in [-0.2, -0.15) is 0 Å². The first-order valence-electron chi connectivity index (χ1n) is 14.6. The second-order valence-corrected chi connectivity index (χ2v) is 13.4. The highest BCUT2D eigenvalue weighted by Gasteiger charge is 2.35. The van der Waals surface area contributed by atoms with Crippen LogP contribution in [-0.2, 0) is 26.2 Å². The quantitative estimate of drug-likeness (QED) is 0.199. The average molecular weight is 657 g/mol. The molecule has 13 heteroatoms. The Morgan fingerprint density at radius 3 is 2.40 bits per heavy atom. The van der Waals surface area contributed by atoms with Gasteiger partial charge in [0.15, 0.2) is 0 Å². The van der Waals surface area contributed by atoms with E-state index in [0.717, 1.165) is 47.2 Å². The summed E-state index contributed by atoms with van der Waals surface area (Å²) in [6.07, 6.45) is 3.73. The van der Waals surface area contributed by atoms with Gasteiger partial charge in [0, 0.05) is 29.2 Å². The molecule has 0 saturated heterocycles. The van der Waals surface area contributed by atoms with Crippen molar-refractivity contribution in [3.8, 4) is 5.75 Å². The number of nitro benzene ring substituents is 1. The number of hydrogen-bond donors (Lipinski definition) is 1. The van der Waals surface area contributed by atoms with E-state index in [0.29, 0.717) is 0 Å². The Labute approximate surface area is 268 Å². The van der Waals surface area contributed by atoms with E-state index in [2.05, 4.69) is 5.32 Å². The van der Waals surface area contributed by atoms with Gasteiger partial charge in [-0.1, -0.05) is 54.8 Å². The molecule has 1 unspecified atom stereocenters. The summed E-state index contributed by atoms with van der Waals surface area (Å²) >= 11 is 6.28. The molecule has 240 valence electrons. The second-order valence-electron chi connectivity index (χ2n) is 11.1. The molecule has 45 heavy (non-hydrogen) atoms. The lowest BCUT2D eigenvalue weighted by Gasteiger charge is -2.33. The van der Waals surface area contributed by atoms with Crippen molar-refractivity contribution in [2.24, 2.45) is 0 Å². The number of nitrogens with zero attached hydrogens (tertiary/aromatic N) is 3. The van der Waals surface area contributed by atoms with Gasteiger partial charge in [-0.25, -0.2) is 8.42 Å². The molecule has 1 fully saturated rings. The molecule has 11 nitrogen and oxygen atoms in total. The maximum Gasteiger partial charge on any atom is 0.273 e. The number of anilines is 1. The summed E-state index contributed by atoms with van der Waals surface area (Å²) in [5.74, 6) is -0.901. The summed E-state index contributed by atoms with van der Waals surface area (Å²) in [6, 6.07) is 14.3. The van der Waals surface area contributed by atoms with Crippen LogP contribution < -0.4 is 14.4 Å². The SMILES string of the molecule is COc1ccc(Cl)cc1N(CC(=O)N(Cc1ccccc1C)C(C)C(=O)NC1CCCC1)S(=O)(=O)c1ccc(C)c([N+](=O)[O-])c1. The van der Waals surface area contributed by atoms with E-state index in [1.54, 1.807) is 6.92 Å². The minimum Gasteiger partial charge on any atom is -0.495 e. The summed E-state index contributed by atoms with van der Waals surface area (Å²) in [7, 11) is -3.27. The lowest BCUT2D eigenvalue weighted by atomic mass is 10.1. The van der Waals surface area contributed by atoms with Gasteiger partial charge in [0.1, 0.15) is 18.3 Å². The van der Waals surface area contributed by atoms with Crippen molar-refractivity contribution in [1.82, 2.24) is 10.2 Å². The normalized spacial score (nSPS) is 14.1. The van der Waals surface area contributed by atoms with E-state index in [4.69, 9.17) is 16.3 Å². The van der Waals surface area contributed by atoms with Crippen LogP contribution in [-0.4, -0.2) is 55.8 Å². The van der Waals surface area contributed by atoms with Gasteiger partial charge in [-0.3, -0.25) is 24.0 Å². The maximum atomic E-state index is 14.3. The van der Waals surface area contributed by atoms with Gasteiger partial charge < -0.3 is 15.0 Å². The highest BCUT2D eigenvalue weighted by atomic mass is 35.5. The van der Waals surface area contributed by atoms with Gasteiger partial charge >= 0.3 is 0 Å². The molecule has 0 heterocycles. The van der Waals surface area contributed by atoms with Gasteiger partial charge in [0.2, 0.25) is 11.8 Å². The Hall–Kier alpha value is -4.16. The Bertz CT molecular complexity index is 1690. The van der Waals surface area contributed by atoms with E-state index in [-0.39, 0.29) is 40.5 Å². The first kappa shape index (κ1) is 33.7. The summed E-state index contributed by atoms with van der Waals surface area (Å²) < 4.78 is 34.8. The third-order valence-electron chi connectivity index (χ3n) is 8.12. The Morgan fingerprint density at radius 2 is 1.76 bits per heavy atom. The Balaban J connectivity index is 1.79. The number of halogens is 1. The lowest BCUT2D eigenvalue weighted by molar-refractivity contribution is -0.385. The van der Waals surface area contributed by atoms with E-state index < -0.39 is 44.0 Å². The maximum absolute atomic E-state index is 14.3. The minimum absolute atomic E-state index is 0.0142. The summed E-state index contributed by atoms with van der Waals surface area (Å²) in [5, 5.41) is 14.9. The molecule has 2 amide bonds. The molecule has 0 spiro atoms. The first-order chi connectivity index (χ1) is 21.3. The molecule has 1 aliphatic rings. The van der Waals surface area contributed by atoms with Crippen molar-refractivity contribution in [1.29, 1.82) is 0 Å². The lowest BCUT2D eigenvalue weighted by Crippen LogP contribution is -2.52. The van der Waals surface area contributed by atoms with Crippen LogP contribution in [0.4, 0.5) is 11.4 Å². The van der Waals surface area contributed by atoms with Crippen LogP contribution in [0.25, 0.3) is 0 Å². The molecular formula is C32H37ClN4O7S. The molecule has 0 bridgehead atoms. The summed E-state index contributed by atoms with van der Waals surface area (Å²) in [6.45, 7) is 4.30. The summed E-state index contributed by atoms with van der Waals surface area (Å²) in [4.78, 5) is 39.7. The third-order valence-corrected chi connectivity index (χ3v) is 10.1. The number of ether oxygens (including phenoxy) is 1. The molecule has 1 saturated carbocycles. The largest absolute Gasteiger partial charge is 0.495 e. The number of nitrogens with one attached hydrogen (secondary N) is 1. The van der Waals surface area contributed by atoms with Crippen molar-refractivity contribution in [2.75, 3.05) is 18.0 Å². The molecule has 1 atom stereocenters. The predicted octanol–water partition coefficient (Wildman–Crippen LogP) is 5.55. The molecule has 0 radical (unpaired) electrons. The Morgan fingerprint density at radius 1 is 1.07 bits per heavy atom. The zero-order chi connectivity index (χ0) is 32.9. The number of methoxy groups -OCH3 is 1. The molecule has 3 aromatic carbocycles. The zero-order valence-electron chi connectivity index (χ0n) is 25.7. The van der Waals surface area contributed by atoms with E-state index in [9.17, 15) is 28.1 Å². The van der Waals surface area contributed by atoms with Gasteiger partial charge in [0.25, 0.3) is 15.7 Å². The molecule has 4 rings (SSSR count). The molecule has 0 aliphatic heterocycles. The van der Waals surface area contributed by atoms with Crippen molar-refractivity contribution in [3.05, 3.63) is 92.5 Å². The first-order valence-corrected chi connectivity index (χ1v) is 16.4. The van der Waals surface area contributed by atoms with Crippen molar-refractivity contribution >= 4 is 44.8 Å². The van der Waals surface area contributed by atoms with Gasteiger partial charge in [0.05, 0.1) is 22.6 Å². The van der Waals surface area contributed by atoms with Crippen molar-refractivity contribution < 1.29 is 27.7 Å². The standard InChI is InChI=1S/C32H37ClN4O7S/c1-21-9-5-6-10-24(21)19-35(23(3)32(39)34-26-11-7-8-12-26)31(38)20-36(29-17-25(33)14-16-30(29)44-4)45(42,43)27-15-13-22(2)28(18-27)37(40)41/h5-6,9-10,13-18,23,26H,7-8,11-12,19-20H2,1-4H3,(H,34,39). The number of carbonyl (C=O) groups is 2. The third kappa shape index (κ3) is 7.74. The van der Waals surface area contributed by atoms with E-state index in [1.807, 2.05) is 31.2 Å². The van der Waals surface area contributed by atoms with Gasteiger partial charge in [-0.05, 0) is 69.0 Å². The number of amides is 2. The van der Waals surface area contributed by atoms with Crippen LogP contribution in [0.1, 0.15) is 49.3 Å². The minimum atomic E-state index is -4.61. The molecule has 3 aromatic rings. The summed E-state index contributed by atoms with van der Waals surface area (Å²) in [5.41, 5.74) is 1.52. The highest BCUT2D eigenvalue weighted by Crippen LogP contribution is 2.36. The van der Waals surface area contributed by atoms with Crippen molar-refractivity contribution in [2.45, 2.75) is 70.0 Å². The zero-order valence-corrected chi connectivity index (χ0v) is 27.2. The topological polar surface area (TPSA) is 139 Å². The van der Waals surface area contributed by atoms with Crippen LogP contribution in [0.3, 0.4) is 0 Å². The van der Waals surface area contributed by atoms with Gasteiger partial charge in [-0.15, -0.1) is 0 Å². The Kier molecular flexibility index (Phi) is 10.7. The number of benzene rings is 3. The fourth-order valence-corrected chi connectivity index (χ4v) is 6.99. The predicted molar refractivity (Wildman–Crippen MR) is 172 cm³/mol. The number of rotatable bonds is 12. The average Bonchev–Trinajstić information content (AvgIpc) is 3.52. The fourth-order valence-electron chi connectivity index (χ4n) is 5.39. The number of aryl methyl sites for hydroxylation is 2. The number of hydrogen-bond acceptors (Lipinski definition) is 7. The van der Waals surface area contributed by atoms with Crippen LogP contribution in [0.5, 0.6) is 5.75 Å². The van der Waals surface area contributed by atoms with Crippen LogP contribution in [0.15, 0.2) is 65.6 Å². The van der Waals surface area contributed by atoms with E-state index in [1.165, 1.54) is 49.3 Å². The van der Waals surface area contributed by atoms with Crippen LogP contribution in [0.2, 0.25) is 5.02 Å². The highest BCUT2D eigenvalue weighted by molar-refractivity contribution is 7.92. The van der Waals surface area contributed by atoms with Crippen molar-refractivity contribution in [3.63, 3.8) is 0 Å². The smallest absolute Gasteiger partial charge is 0.273 e. The van der Waals surface area contributed by atoms with Crippen LogP contribution >= 0.6 is 11.6 Å². The molecule has 1 N–H and O–H groups in total. The molecule has 1 aliphatic carbocycles.